The third-order valence-electron chi connectivity index (χ3n) is 7.27. The van der Waals surface area contributed by atoms with Crippen molar-refractivity contribution < 1.29 is 74.4 Å². The van der Waals surface area contributed by atoms with E-state index in [0.717, 1.165) is 12.1 Å². The summed E-state index contributed by atoms with van der Waals surface area (Å²) in [6.07, 6.45) is -16.7. The minimum Gasteiger partial charge on any atom is -0.508 e. The van der Waals surface area contributed by atoms with E-state index in [0.29, 0.717) is 0 Å². The van der Waals surface area contributed by atoms with Gasteiger partial charge in [0.15, 0.2) is 12.1 Å². The molecule has 10 atom stereocenters. The number of aliphatic hydroxyl groups is 7. The second-order valence-corrected chi connectivity index (χ2v) is 10.1. The van der Waals surface area contributed by atoms with Gasteiger partial charge in [0.25, 0.3) is 0 Å². The van der Waals surface area contributed by atoms with Crippen molar-refractivity contribution >= 4 is 11.0 Å². The molecule has 0 aliphatic carbocycles. The Kier molecular flexibility index (Phi) is 8.77. The number of hydrogen-bond acceptors (Lipinski definition) is 16. The number of benzene rings is 2. The van der Waals surface area contributed by atoms with Crippen molar-refractivity contribution in [3.05, 3.63) is 46.6 Å². The molecule has 2 aliphatic heterocycles. The third kappa shape index (κ3) is 5.73. The van der Waals surface area contributed by atoms with Gasteiger partial charge in [0.2, 0.25) is 17.5 Å². The highest BCUT2D eigenvalue weighted by molar-refractivity contribution is 5.88. The number of fused-ring (bicyclic) bond motifs is 1. The highest BCUT2D eigenvalue weighted by atomic mass is 16.7. The molecule has 5 rings (SSSR count). The molecule has 0 spiro atoms. The van der Waals surface area contributed by atoms with E-state index >= 15 is 0 Å². The molecule has 43 heavy (non-hydrogen) atoms. The van der Waals surface area contributed by atoms with Gasteiger partial charge in [-0.05, 0) is 24.3 Å². The van der Waals surface area contributed by atoms with Crippen LogP contribution in [0.2, 0.25) is 0 Å². The SMILES string of the molecule is O=c1c(O)c(-c2ccc(O)cc2)oc2cc(OC3OC(CO)C(OC4OC(CO)C(O)C(O)C4O)C(O)C3O)cc(O)c12. The smallest absolute Gasteiger partial charge is 0.238 e. The van der Waals surface area contributed by atoms with Gasteiger partial charge >= 0.3 is 0 Å². The molecule has 16 nitrogen and oxygen atoms in total. The molecule has 2 saturated heterocycles. The van der Waals surface area contributed by atoms with Crippen LogP contribution in [0.15, 0.2) is 45.6 Å². The summed E-state index contributed by atoms with van der Waals surface area (Å²) in [6, 6.07) is 7.47. The van der Waals surface area contributed by atoms with Gasteiger partial charge in [-0.1, -0.05) is 0 Å². The summed E-state index contributed by atoms with van der Waals surface area (Å²) in [7, 11) is 0. The van der Waals surface area contributed by atoms with E-state index in [2.05, 4.69) is 0 Å². The number of ether oxygens (including phenoxy) is 4. The summed E-state index contributed by atoms with van der Waals surface area (Å²) in [5, 5.41) is 101. The molecule has 2 aliphatic rings. The molecule has 10 N–H and O–H groups in total. The molecule has 2 aromatic carbocycles. The van der Waals surface area contributed by atoms with Crippen molar-refractivity contribution in [2.75, 3.05) is 13.2 Å². The van der Waals surface area contributed by atoms with E-state index in [1.165, 1.54) is 24.3 Å². The van der Waals surface area contributed by atoms with Gasteiger partial charge < -0.3 is 74.4 Å². The van der Waals surface area contributed by atoms with Crippen molar-refractivity contribution in [2.45, 2.75) is 61.4 Å². The largest absolute Gasteiger partial charge is 0.508 e. The minimum atomic E-state index is -1.88. The van der Waals surface area contributed by atoms with Crippen LogP contribution in [0.4, 0.5) is 0 Å². The van der Waals surface area contributed by atoms with Crippen LogP contribution in [-0.2, 0) is 14.2 Å². The Hall–Kier alpha value is -3.55. The molecule has 0 amide bonds. The van der Waals surface area contributed by atoms with Crippen molar-refractivity contribution in [1.29, 1.82) is 0 Å². The van der Waals surface area contributed by atoms with Gasteiger partial charge in [-0.2, -0.15) is 0 Å². The second kappa shape index (κ2) is 12.2. The Balaban J connectivity index is 1.39. The average Bonchev–Trinajstić information content (AvgIpc) is 2.98. The monoisotopic (exact) mass is 610 g/mol. The van der Waals surface area contributed by atoms with Gasteiger partial charge in [-0.15, -0.1) is 0 Å². The molecule has 2 fully saturated rings. The maximum atomic E-state index is 12.8. The van der Waals surface area contributed by atoms with Gasteiger partial charge in [0.1, 0.15) is 77.0 Å². The summed E-state index contributed by atoms with van der Waals surface area (Å²) in [5.74, 6) is -2.03. The van der Waals surface area contributed by atoms with E-state index < -0.39 is 96.9 Å². The van der Waals surface area contributed by atoms with Crippen LogP contribution < -0.4 is 10.2 Å². The first-order chi connectivity index (χ1) is 20.4. The third-order valence-corrected chi connectivity index (χ3v) is 7.27. The van der Waals surface area contributed by atoms with Crippen LogP contribution in [0.3, 0.4) is 0 Å². The molecule has 16 heteroatoms. The minimum absolute atomic E-state index is 0.0741. The molecular weight excluding hydrogens is 580 g/mol. The van der Waals surface area contributed by atoms with Crippen LogP contribution in [0.25, 0.3) is 22.3 Å². The van der Waals surface area contributed by atoms with Gasteiger partial charge in [0, 0.05) is 17.7 Å². The fourth-order valence-corrected chi connectivity index (χ4v) is 4.93. The Labute approximate surface area is 241 Å². The highest BCUT2D eigenvalue weighted by Gasteiger charge is 2.51. The molecule has 0 saturated carbocycles. The first-order valence-electron chi connectivity index (χ1n) is 13.0. The molecule has 3 heterocycles. The second-order valence-electron chi connectivity index (χ2n) is 10.1. The van der Waals surface area contributed by atoms with Crippen molar-refractivity contribution in [3.63, 3.8) is 0 Å². The first-order valence-corrected chi connectivity index (χ1v) is 13.0. The van der Waals surface area contributed by atoms with Gasteiger partial charge in [-0.25, -0.2) is 0 Å². The predicted molar refractivity (Wildman–Crippen MR) is 140 cm³/mol. The average molecular weight is 611 g/mol. The number of rotatable bonds is 7. The predicted octanol–water partition coefficient (Wildman–Crippen LogP) is -2.42. The normalized spacial score (nSPS) is 33.0. The highest BCUT2D eigenvalue weighted by Crippen LogP contribution is 2.37. The summed E-state index contributed by atoms with van der Waals surface area (Å²) in [4.78, 5) is 12.8. The first kappa shape index (κ1) is 30.9. The zero-order valence-electron chi connectivity index (χ0n) is 22.1. The summed E-state index contributed by atoms with van der Waals surface area (Å²) < 4.78 is 27.6. The van der Waals surface area contributed by atoms with E-state index in [1.807, 2.05) is 0 Å². The molecule has 0 radical (unpaired) electrons. The standard InChI is InChI=1S/C27H30O16/c28-7-14-17(32)19(34)22(37)27(41-14)43-25-15(8-29)42-26(23(38)21(25)36)39-11-5-12(31)16-13(6-11)40-24(20(35)18(16)33)9-1-3-10(30)4-2-9/h1-6,14-15,17,19,21-23,25-32,34-38H,7-8H2. The van der Waals surface area contributed by atoms with E-state index in [1.54, 1.807) is 0 Å². The van der Waals surface area contributed by atoms with Crippen molar-refractivity contribution in [1.82, 2.24) is 0 Å². The number of phenolic OH excluding ortho intramolecular Hbond substituents is 2. The van der Waals surface area contributed by atoms with E-state index in [9.17, 15) is 55.9 Å². The van der Waals surface area contributed by atoms with Crippen LogP contribution in [0.1, 0.15) is 0 Å². The number of aromatic hydroxyl groups is 3. The van der Waals surface area contributed by atoms with Crippen molar-refractivity contribution in [3.8, 4) is 34.3 Å². The maximum absolute atomic E-state index is 12.8. The fourth-order valence-electron chi connectivity index (χ4n) is 4.93. The van der Waals surface area contributed by atoms with E-state index in [-0.39, 0.29) is 28.4 Å². The molecular formula is C27H30O16. The van der Waals surface area contributed by atoms with Crippen LogP contribution >= 0.6 is 0 Å². The lowest BCUT2D eigenvalue weighted by atomic mass is 9.97. The summed E-state index contributed by atoms with van der Waals surface area (Å²) >= 11 is 0. The van der Waals surface area contributed by atoms with E-state index in [4.69, 9.17) is 23.4 Å². The summed E-state index contributed by atoms with van der Waals surface area (Å²) in [5.41, 5.74) is -0.981. The quantitative estimate of drug-likeness (QED) is 0.133. The zero-order chi connectivity index (χ0) is 31.2. The molecule has 0 bridgehead atoms. The number of hydrogen-bond donors (Lipinski definition) is 10. The Morgan fingerprint density at radius 3 is 2.02 bits per heavy atom. The lowest BCUT2D eigenvalue weighted by Gasteiger charge is -2.45. The fraction of sp³-hybridized carbons (Fsp3) is 0.444. The van der Waals surface area contributed by atoms with Gasteiger partial charge in [-0.3, -0.25) is 4.79 Å². The van der Waals surface area contributed by atoms with Crippen molar-refractivity contribution in [2.24, 2.45) is 0 Å². The Morgan fingerprint density at radius 2 is 1.37 bits per heavy atom. The van der Waals surface area contributed by atoms with Crippen LogP contribution in [0, 0.1) is 0 Å². The lowest BCUT2D eigenvalue weighted by Crippen LogP contribution is -2.65. The summed E-state index contributed by atoms with van der Waals surface area (Å²) in [6.45, 7) is -1.55. The zero-order valence-corrected chi connectivity index (χ0v) is 22.1. The number of aliphatic hydroxyl groups excluding tert-OH is 7. The van der Waals surface area contributed by atoms with Crippen LogP contribution in [-0.4, -0.2) is 126 Å². The molecule has 3 aromatic rings. The van der Waals surface area contributed by atoms with Crippen LogP contribution in [0.5, 0.6) is 23.0 Å². The molecule has 1 aromatic heterocycles. The molecule has 234 valence electrons. The number of phenols is 2. The Morgan fingerprint density at radius 1 is 0.744 bits per heavy atom. The lowest BCUT2D eigenvalue weighted by molar-refractivity contribution is -0.352. The maximum Gasteiger partial charge on any atom is 0.238 e. The molecule has 10 unspecified atom stereocenters. The van der Waals surface area contributed by atoms with Gasteiger partial charge in [0.05, 0.1) is 13.2 Å². The Bertz CT molecular complexity index is 1490. The topological polar surface area (TPSA) is 269 Å².